The zero-order valence-electron chi connectivity index (χ0n) is 20.9. The predicted molar refractivity (Wildman–Crippen MR) is 137 cm³/mol. The monoisotopic (exact) mass is 524 g/mol. The van der Waals surface area contributed by atoms with Crippen LogP contribution >= 0.6 is 0 Å². The molecule has 14 nitrogen and oxygen atoms in total. The molecule has 5 aromatic rings. The second-order valence-corrected chi connectivity index (χ2v) is 9.97. The summed E-state index contributed by atoms with van der Waals surface area (Å²) in [6.45, 7) is 1.50. The van der Waals surface area contributed by atoms with E-state index in [2.05, 4.69) is 40.4 Å². The highest BCUT2D eigenvalue weighted by Crippen LogP contribution is 2.45. The molecule has 2 atom stereocenters. The molecule has 2 saturated heterocycles. The normalized spacial score (nSPS) is 20.5. The molecule has 2 bridgehead atoms. The molecule has 0 radical (unpaired) electrons. The quantitative estimate of drug-likeness (QED) is 0.287. The van der Waals surface area contributed by atoms with E-state index in [4.69, 9.17) is 10.7 Å². The number of amides is 1. The number of ketones is 1. The first-order valence-electron chi connectivity index (χ1n) is 12.7. The van der Waals surface area contributed by atoms with Crippen LogP contribution in [0.5, 0.6) is 0 Å². The number of piperidine rings is 1. The molecule has 0 aromatic carbocycles. The second kappa shape index (κ2) is 8.79. The average Bonchev–Trinajstić information content (AvgIpc) is 3.75. The Labute approximate surface area is 221 Å². The Balaban J connectivity index is 1.27. The number of pyridine rings is 1. The molecule has 14 heteroatoms. The first kappa shape index (κ1) is 23.1. The first-order chi connectivity index (χ1) is 19.0. The van der Waals surface area contributed by atoms with E-state index in [0.717, 1.165) is 24.0 Å². The number of Topliss-reactive ketones (excluding diaryl/α,β-unsaturated/α-hetero) is 1. The Bertz CT molecular complexity index is 1680. The molecular weight excluding hydrogens is 500 g/mol. The Morgan fingerprint density at radius 3 is 2.41 bits per heavy atom. The molecule has 5 aromatic heterocycles. The number of rotatable bonds is 5. The van der Waals surface area contributed by atoms with Crippen LogP contribution in [0.25, 0.3) is 28.3 Å². The van der Waals surface area contributed by atoms with Crippen molar-refractivity contribution in [2.24, 2.45) is 0 Å². The Morgan fingerprint density at radius 1 is 1.00 bits per heavy atom. The first-order valence-corrected chi connectivity index (χ1v) is 12.7. The number of H-pyrrole nitrogens is 2. The number of nitrogens with two attached hydrogens (primary N) is 1. The van der Waals surface area contributed by atoms with E-state index >= 15 is 0 Å². The highest BCUT2D eigenvalue weighted by molar-refractivity contribution is 6.00. The zero-order valence-corrected chi connectivity index (χ0v) is 20.9. The largest absolute Gasteiger partial charge is 0.383 e. The molecule has 2 fully saturated rings. The number of aromatic amines is 2. The van der Waals surface area contributed by atoms with Gasteiger partial charge in [-0.05, 0) is 38.7 Å². The van der Waals surface area contributed by atoms with Crippen LogP contribution in [0.15, 0.2) is 37.2 Å². The Kier molecular flexibility index (Phi) is 5.21. The summed E-state index contributed by atoms with van der Waals surface area (Å²) in [5.41, 5.74) is 10.3. The van der Waals surface area contributed by atoms with Crippen molar-refractivity contribution in [2.45, 2.75) is 50.6 Å². The number of nitrogens with zero attached hydrogens (tertiary/aromatic N) is 9. The summed E-state index contributed by atoms with van der Waals surface area (Å²) in [4.78, 5) is 45.6. The Morgan fingerprint density at radius 2 is 1.77 bits per heavy atom. The minimum Gasteiger partial charge on any atom is -0.383 e. The number of hydrogen-bond donors (Lipinski definition) is 3. The van der Waals surface area contributed by atoms with Crippen molar-refractivity contribution in [1.82, 2.24) is 54.8 Å². The molecule has 196 valence electrons. The van der Waals surface area contributed by atoms with Crippen LogP contribution in [-0.4, -0.2) is 78.6 Å². The Hall–Kier alpha value is -5.01. The van der Waals surface area contributed by atoms with E-state index in [0.29, 0.717) is 41.3 Å². The van der Waals surface area contributed by atoms with E-state index in [-0.39, 0.29) is 41.3 Å². The molecule has 1 amide bonds. The summed E-state index contributed by atoms with van der Waals surface area (Å²) in [6, 6.07) is 3.78. The standard InChI is InChI=1S/C25H24N12O2/c1-12(38)19-20(14-6-15-3-4-16(7-14)36(15)25(39)23-29-11-31-35-23)33-24-17(9-32-37(24)21(19)26)13-2-5-18(27-8-13)22-28-10-30-34-22/h2,5,8-11,14-16H,3-4,6-7,26H2,1H3,(H,28,30,34)(H,29,31,35). The maximum Gasteiger partial charge on any atom is 0.291 e. The van der Waals surface area contributed by atoms with Gasteiger partial charge in [0.1, 0.15) is 24.2 Å². The van der Waals surface area contributed by atoms with Crippen LogP contribution in [0.3, 0.4) is 0 Å². The number of hydrogen-bond acceptors (Lipinski definition) is 10. The molecule has 0 spiro atoms. The average molecular weight is 525 g/mol. The van der Waals surface area contributed by atoms with Crippen LogP contribution in [0.2, 0.25) is 0 Å². The van der Waals surface area contributed by atoms with Crippen molar-refractivity contribution >= 4 is 23.2 Å². The van der Waals surface area contributed by atoms with Crippen molar-refractivity contribution in [1.29, 1.82) is 0 Å². The SMILES string of the molecule is CC(=O)c1c(C2CC3CCC(C2)N3C(=O)c2ncn[nH]2)nc2c(-c3ccc(-c4ncn[nH]4)nc3)cnn2c1N. The lowest BCUT2D eigenvalue weighted by molar-refractivity contribution is 0.0556. The summed E-state index contributed by atoms with van der Waals surface area (Å²) in [7, 11) is 0. The molecule has 0 aliphatic carbocycles. The van der Waals surface area contributed by atoms with Gasteiger partial charge in [-0.2, -0.15) is 19.8 Å². The fourth-order valence-corrected chi connectivity index (χ4v) is 6.08. The van der Waals surface area contributed by atoms with E-state index in [1.165, 1.54) is 24.1 Å². The lowest BCUT2D eigenvalue weighted by Gasteiger charge is -2.38. The van der Waals surface area contributed by atoms with Gasteiger partial charge < -0.3 is 10.6 Å². The number of nitrogen functional groups attached to an aromatic ring is 1. The molecule has 2 unspecified atom stereocenters. The third-order valence-electron chi connectivity index (χ3n) is 7.77. The van der Waals surface area contributed by atoms with E-state index in [9.17, 15) is 9.59 Å². The molecule has 0 saturated carbocycles. The molecular formula is C25H24N12O2. The smallest absolute Gasteiger partial charge is 0.291 e. The van der Waals surface area contributed by atoms with Crippen LogP contribution in [0.1, 0.15) is 65.2 Å². The lowest BCUT2D eigenvalue weighted by atomic mass is 9.85. The van der Waals surface area contributed by atoms with Gasteiger partial charge >= 0.3 is 0 Å². The predicted octanol–water partition coefficient (Wildman–Crippen LogP) is 2.03. The lowest BCUT2D eigenvalue weighted by Crippen LogP contribution is -2.46. The summed E-state index contributed by atoms with van der Waals surface area (Å²) in [6.07, 6.45) is 9.29. The van der Waals surface area contributed by atoms with E-state index in [1.54, 1.807) is 12.4 Å². The van der Waals surface area contributed by atoms with Crippen LogP contribution in [-0.2, 0) is 0 Å². The number of anilines is 1. The molecule has 2 aliphatic rings. The van der Waals surface area contributed by atoms with Crippen molar-refractivity contribution in [3.05, 3.63) is 54.3 Å². The van der Waals surface area contributed by atoms with Crippen molar-refractivity contribution in [3.63, 3.8) is 0 Å². The highest BCUT2D eigenvalue weighted by atomic mass is 16.2. The van der Waals surface area contributed by atoms with Gasteiger partial charge in [0.05, 0.1) is 17.5 Å². The minimum atomic E-state index is -0.167. The molecule has 7 rings (SSSR count). The number of carbonyl (C=O) groups excluding carboxylic acids is 2. The van der Waals surface area contributed by atoms with Gasteiger partial charge in [-0.15, -0.1) is 0 Å². The number of nitrogens with one attached hydrogen (secondary N) is 2. The minimum absolute atomic E-state index is 0.0163. The number of fused-ring (bicyclic) bond motifs is 3. The third kappa shape index (κ3) is 3.66. The van der Waals surface area contributed by atoms with Crippen molar-refractivity contribution in [2.75, 3.05) is 5.73 Å². The zero-order chi connectivity index (χ0) is 26.7. The molecule has 2 aliphatic heterocycles. The fraction of sp³-hybridized carbons (Fsp3) is 0.320. The molecule has 7 heterocycles. The second-order valence-electron chi connectivity index (χ2n) is 9.97. The summed E-state index contributed by atoms with van der Waals surface area (Å²) < 4.78 is 1.51. The highest BCUT2D eigenvalue weighted by Gasteiger charge is 2.45. The van der Waals surface area contributed by atoms with Crippen LogP contribution < -0.4 is 5.73 Å². The maximum atomic E-state index is 13.1. The van der Waals surface area contributed by atoms with Crippen LogP contribution in [0, 0.1) is 0 Å². The fourth-order valence-electron chi connectivity index (χ4n) is 6.08. The van der Waals surface area contributed by atoms with Gasteiger partial charge in [0.2, 0.25) is 5.82 Å². The summed E-state index contributed by atoms with van der Waals surface area (Å²) in [5, 5.41) is 17.6. The third-order valence-corrected chi connectivity index (χ3v) is 7.77. The maximum absolute atomic E-state index is 13.1. The van der Waals surface area contributed by atoms with Crippen LogP contribution in [0.4, 0.5) is 5.82 Å². The molecule has 39 heavy (non-hydrogen) atoms. The van der Waals surface area contributed by atoms with Gasteiger partial charge in [-0.3, -0.25) is 24.8 Å². The summed E-state index contributed by atoms with van der Waals surface area (Å²) in [5.74, 6) is 0.715. The van der Waals surface area contributed by atoms with E-state index < -0.39 is 0 Å². The van der Waals surface area contributed by atoms with Gasteiger partial charge in [0.25, 0.3) is 5.91 Å². The topological polar surface area (TPSA) is 190 Å². The van der Waals surface area contributed by atoms with E-state index in [1.807, 2.05) is 17.0 Å². The van der Waals surface area contributed by atoms with Crippen molar-refractivity contribution in [3.8, 4) is 22.6 Å². The van der Waals surface area contributed by atoms with Gasteiger partial charge in [0, 0.05) is 35.3 Å². The van der Waals surface area contributed by atoms with Crippen molar-refractivity contribution < 1.29 is 9.59 Å². The number of aromatic nitrogens is 10. The summed E-state index contributed by atoms with van der Waals surface area (Å²) >= 11 is 0. The van der Waals surface area contributed by atoms with Gasteiger partial charge in [-0.1, -0.05) is 6.07 Å². The van der Waals surface area contributed by atoms with Gasteiger partial charge in [-0.25, -0.2) is 15.0 Å². The van der Waals surface area contributed by atoms with Gasteiger partial charge in [0.15, 0.2) is 17.3 Å². The molecule has 4 N–H and O–H groups in total. The number of carbonyl (C=O) groups is 2.